The molecule has 3 rings (SSSR count). The maximum atomic E-state index is 11.6. The van der Waals surface area contributed by atoms with E-state index in [9.17, 15) is 14.4 Å². The van der Waals surface area contributed by atoms with Crippen molar-refractivity contribution in [2.75, 3.05) is 13.7 Å². The summed E-state index contributed by atoms with van der Waals surface area (Å²) >= 11 is 0. The van der Waals surface area contributed by atoms with Crippen LogP contribution in [-0.2, 0) is 9.59 Å². The van der Waals surface area contributed by atoms with Crippen LogP contribution < -0.4 is 4.74 Å². The van der Waals surface area contributed by atoms with E-state index in [0.717, 1.165) is 18.3 Å². The van der Waals surface area contributed by atoms with Crippen molar-refractivity contribution in [2.24, 2.45) is 5.92 Å². The van der Waals surface area contributed by atoms with Crippen molar-refractivity contribution in [3.63, 3.8) is 0 Å². The highest BCUT2D eigenvalue weighted by Gasteiger charge is 2.43. The van der Waals surface area contributed by atoms with Crippen LogP contribution in [0.15, 0.2) is 18.2 Å². The van der Waals surface area contributed by atoms with Crippen LogP contribution in [0.25, 0.3) is 0 Å². The van der Waals surface area contributed by atoms with E-state index in [0.29, 0.717) is 42.5 Å². The highest BCUT2D eigenvalue weighted by atomic mass is 16.5. The van der Waals surface area contributed by atoms with Gasteiger partial charge in [-0.3, -0.25) is 19.3 Å². The number of ether oxygens (including phenoxy) is 1. The predicted octanol–water partition coefficient (Wildman–Crippen LogP) is 1.76. The number of carbonyl (C=O) groups excluding carboxylic acids is 3. The molecule has 0 spiro atoms. The fourth-order valence-electron chi connectivity index (χ4n) is 3.00. The Hall–Kier alpha value is -2.17. The second-order valence-electron chi connectivity index (χ2n) is 5.62. The molecule has 2 atom stereocenters. The zero-order chi connectivity index (χ0) is 15.0. The third kappa shape index (κ3) is 2.55. The lowest BCUT2D eigenvalue weighted by atomic mass is 10.1. The molecule has 0 N–H and O–H groups in total. The minimum atomic E-state index is -0.0612. The maximum absolute atomic E-state index is 11.6. The Morgan fingerprint density at radius 2 is 2.00 bits per heavy atom. The van der Waals surface area contributed by atoms with E-state index < -0.39 is 0 Å². The molecule has 2 fully saturated rings. The Morgan fingerprint density at radius 1 is 1.29 bits per heavy atom. The zero-order valence-electron chi connectivity index (χ0n) is 11.9. The molecule has 110 valence electrons. The number of carbonyl (C=O) groups is 3. The van der Waals surface area contributed by atoms with Crippen LogP contribution in [0.3, 0.4) is 0 Å². The number of likely N-dealkylation sites (tertiary alicyclic amines) is 1. The monoisotopic (exact) mass is 287 g/mol. The summed E-state index contributed by atoms with van der Waals surface area (Å²) in [7, 11) is 1.58. The SMILES string of the molecule is COc1cc(C=O)ccc1C1CC1CN1C(=O)CCC1=O. The highest BCUT2D eigenvalue weighted by Crippen LogP contribution is 2.51. The molecule has 2 unspecified atom stereocenters. The van der Waals surface area contributed by atoms with Gasteiger partial charge in [-0.15, -0.1) is 0 Å². The molecule has 5 heteroatoms. The molecule has 0 radical (unpaired) electrons. The fraction of sp³-hybridized carbons (Fsp3) is 0.438. The van der Waals surface area contributed by atoms with Gasteiger partial charge in [-0.05, 0) is 29.9 Å². The first-order chi connectivity index (χ1) is 10.1. The highest BCUT2D eigenvalue weighted by molar-refractivity contribution is 6.01. The summed E-state index contributed by atoms with van der Waals surface area (Å²) in [6.45, 7) is 0.501. The number of hydrogen-bond donors (Lipinski definition) is 0. The van der Waals surface area contributed by atoms with Gasteiger partial charge >= 0.3 is 0 Å². The van der Waals surface area contributed by atoms with Crippen LogP contribution in [0, 0.1) is 5.92 Å². The van der Waals surface area contributed by atoms with E-state index in [1.54, 1.807) is 19.2 Å². The van der Waals surface area contributed by atoms with Gasteiger partial charge in [-0.2, -0.15) is 0 Å². The molecule has 1 aromatic carbocycles. The normalized spacial score (nSPS) is 24.3. The predicted molar refractivity (Wildman–Crippen MR) is 75.2 cm³/mol. The summed E-state index contributed by atoms with van der Waals surface area (Å²) in [4.78, 5) is 35.5. The van der Waals surface area contributed by atoms with Gasteiger partial charge in [0.2, 0.25) is 11.8 Å². The van der Waals surface area contributed by atoms with Crippen LogP contribution in [-0.4, -0.2) is 36.7 Å². The third-order valence-electron chi connectivity index (χ3n) is 4.29. The molecule has 2 amide bonds. The van der Waals surface area contributed by atoms with Crippen molar-refractivity contribution in [3.8, 4) is 5.75 Å². The van der Waals surface area contributed by atoms with Crippen molar-refractivity contribution in [1.29, 1.82) is 0 Å². The van der Waals surface area contributed by atoms with Gasteiger partial charge in [0.1, 0.15) is 12.0 Å². The Labute approximate surface area is 122 Å². The van der Waals surface area contributed by atoms with Crippen LogP contribution in [0.5, 0.6) is 5.75 Å². The van der Waals surface area contributed by atoms with E-state index in [1.807, 2.05) is 6.07 Å². The number of aldehydes is 1. The van der Waals surface area contributed by atoms with Crippen molar-refractivity contribution in [3.05, 3.63) is 29.3 Å². The Morgan fingerprint density at radius 3 is 2.62 bits per heavy atom. The summed E-state index contributed by atoms with van der Waals surface area (Å²) in [6.07, 6.45) is 2.41. The van der Waals surface area contributed by atoms with Crippen LogP contribution in [0.1, 0.15) is 41.1 Å². The van der Waals surface area contributed by atoms with Crippen molar-refractivity contribution in [2.45, 2.75) is 25.2 Å². The van der Waals surface area contributed by atoms with Gasteiger partial charge in [0.15, 0.2) is 0 Å². The van der Waals surface area contributed by atoms with E-state index in [4.69, 9.17) is 4.74 Å². The molecule has 5 nitrogen and oxygen atoms in total. The molecular formula is C16H17NO4. The van der Waals surface area contributed by atoms with Crippen molar-refractivity contribution in [1.82, 2.24) is 4.90 Å². The first-order valence-electron chi connectivity index (χ1n) is 7.10. The molecule has 1 saturated heterocycles. The number of nitrogens with zero attached hydrogens (tertiary/aromatic N) is 1. The molecule has 21 heavy (non-hydrogen) atoms. The molecule has 2 aliphatic rings. The largest absolute Gasteiger partial charge is 0.496 e. The van der Waals surface area contributed by atoms with E-state index in [-0.39, 0.29) is 11.8 Å². The molecule has 1 heterocycles. The van der Waals surface area contributed by atoms with E-state index >= 15 is 0 Å². The standard InChI is InChI=1S/C16H17NO4/c1-21-14-6-10(9-18)2-3-12(14)13-7-11(13)8-17-15(19)4-5-16(17)20/h2-3,6,9,11,13H,4-5,7-8H2,1H3. The summed E-state index contributed by atoms with van der Waals surface area (Å²) in [5, 5.41) is 0. The van der Waals surface area contributed by atoms with E-state index in [1.165, 1.54) is 4.90 Å². The van der Waals surface area contributed by atoms with Gasteiger partial charge in [0.25, 0.3) is 0 Å². The number of imide groups is 1. The third-order valence-corrected chi connectivity index (χ3v) is 4.29. The Balaban J connectivity index is 1.71. The van der Waals surface area contributed by atoms with Crippen LogP contribution in [0.2, 0.25) is 0 Å². The second kappa shape index (κ2) is 5.31. The van der Waals surface area contributed by atoms with Gasteiger partial charge in [0, 0.05) is 24.9 Å². The van der Waals surface area contributed by atoms with Gasteiger partial charge in [0.05, 0.1) is 7.11 Å². The molecule has 1 saturated carbocycles. The Kier molecular flexibility index (Phi) is 3.49. The van der Waals surface area contributed by atoms with Gasteiger partial charge in [-0.25, -0.2) is 0 Å². The number of amides is 2. The summed E-state index contributed by atoms with van der Waals surface area (Å²) < 4.78 is 5.34. The molecule has 1 aliphatic heterocycles. The smallest absolute Gasteiger partial charge is 0.229 e. The number of hydrogen-bond acceptors (Lipinski definition) is 4. The number of rotatable bonds is 5. The number of benzene rings is 1. The number of methoxy groups -OCH3 is 1. The Bertz CT molecular complexity index is 594. The quantitative estimate of drug-likeness (QED) is 0.611. The molecular weight excluding hydrogens is 270 g/mol. The van der Waals surface area contributed by atoms with Crippen LogP contribution >= 0.6 is 0 Å². The van der Waals surface area contributed by atoms with Gasteiger partial charge < -0.3 is 4.74 Å². The average Bonchev–Trinajstić information content (AvgIpc) is 3.21. The topological polar surface area (TPSA) is 63.7 Å². The molecule has 0 bridgehead atoms. The lowest BCUT2D eigenvalue weighted by Crippen LogP contribution is -2.31. The van der Waals surface area contributed by atoms with Crippen molar-refractivity contribution < 1.29 is 19.1 Å². The summed E-state index contributed by atoms with van der Waals surface area (Å²) in [5.74, 6) is 1.17. The van der Waals surface area contributed by atoms with Crippen LogP contribution in [0.4, 0.5) is 0 Å². The lowest BCUT2D eigenvalue weighted by Gasteiger charge is -2.14. The molecule has 1 aromatic rings. The van der Waals surface area contributed by atoms with E-state index in [2.05, 4.69) is 0 Å². The molecule has 0 aromatic heterocycles. The minimum Gasteiger partial charge on any atom is -0.496 e. The average molecular weight is 287 g/mol. The summed E-state index contributed by atoms with van der Waals surface area (Å²) in [5.41, 5.74) is 1.63. The second-order valence-corrected chi connectivity index (χ2v) is 5.62. The zero-order valence-corrected chi connectivity index (χ0v) is 11.9. The maximum Gasteiger partial charge on any atom is 0.229 e. The molecule has 1 aliphatic carbocycles. The fourth-order valence-corrected chi connectivity index (χ4v) is 3.00. The first kappa shape index (κ1) is 13.8. The lowest BCUT2D eigenvalue weighted by molar-refractivity contribution is -0.138. The first-order valence-corrected chi connectivity index (χ1v) is 7.10. The van der Waals surface area contributed by atoms with Crippen molar-refractivity contribution >= 4 is 18.1 Å². The van der Waals surface area contributed by atoms with Gasteiger partial charge in [-0.1, -0.05) is 12.1 Å². The minimum absolute atomic E-state index is 0.0612. The summed E-state index contributed by atoms with van der Waals surface area (Å²) in [6, 6.07) is 5.40.